The number of carbonyl (C=O) groups excluding carboxylic acids is 2. The van der Waals surface area contributed by atoms with Gasteiger partial charge in [0.05, 0.1) is 15.5 Å². The first-order valence-electron chi connectivity index (χ1n) is 12.4. The molecule has 1 N–H and O–H groups in total. The summed E-state index contributed by atoms with van der Waals surface area (Å²) in [5.74, 6) is -1.15. The molecule has 3 aromatic carbocycles. The minimum Gasteiger partial charge on any atom is -0.350 e. The van der Waals surface area contributed by atoms with Gasteiger partial charge in [0, 0.05) is 29.2 Å². The van der Waals surface area contributed by atoms with Gasteiger partial charge in [-0.25, -0.2) is 8.42 Å². The van der Waals surface area contributed by atoms with Gasteiger partial charge in [0.15, 0.2) is 0 Å². The van der Waals surface area contributed by atoms with Gasteiger partial charge < -0.3 is 10.2 Å². The van der Waals surface area contributed by atoms with Crippen molar-refractivity contribution in [2.24, 2.45) is 0 Å². The second-order valence-corrected chi connectivity index (χ2v) is 12.4. The predicted molar refractivity (Wildman–Crippen MR) is 153 cm³/mol. The molecule has 1 unspecified atom stereocenters. The van der Waals surface area contributed by atoms with Crippen molar-refractivity contribution in [1.82, 2.24) is 10.2 Å². The maximum absolute atomic E-state index is 13.9. The zero-order valence-electron chi connectivity index (χ0n) is 22.6. The number of non-ortho nitro benzene ring substituents is 1. The summed E-state index contributed by atoms with van der Waals surface area (Å²) in [6.45, 7) is 6.14. The number of nitrogens with zero attached hydrogens (tertiary/aromatic N) is 3. The van der Waals surface area contributed by atoms with Crippen molar-refractivity contribution < 1.29 is 22.9 Å². The van der Waals surface area contributed by atoms with Gasteiger partial charge in [-0.3, -0.25) is 24.0 Å². The molecule has 0 aliphatic heterocycles. The zero-order valence-corrected chi connectivity index (χ0v) is 24.1. The smallest absolute Gasteiger partial charge is 0.271 e. The molecule has 0 aliphatic rings. The normalized spacial score (nSPS) is 12.3. The highest BCUT2D eigenvalue weighted by molar-refractivity contribution is 7.92. The summed E-state index contributed by atoms with van der Waals surface area (Å²) < 4.78 is 28.3. The minimum atomic E-state index is -4.34. The van der Waals surface area contributed by atoms with Crippen LogP contribution in [0.15, 0.2) is 83.8 Å². The van der Waals surface area contributed by atoms with Gasteiger partial charge in [-0.05, 0) is 57.5 Å². The molecule has 1 atom stereocenters. The van der Waals surface area contributed by atoms with Crippen LogP contribution in [0.5, 0.6) is 0 Å². The summed E-state index contributed by atoms with van der Waals surface area (Å²) in [4.78, 5) is 39.0. The number of nitro groups is 1. The molecular formula is C28H31ClN4O6S. The van der Waals surface area contributed by atoms with Crippen LogP contribution in [0.3, 0.4) is 0 Å². The number of carbonyl (C=O) groups is 2. The van der Waals surface area contributed by atoms with Gasteiger partial charge >= 0.3 is 0 Å². The van der Waals surface area contributed by atoms with E-state index in [-0.39, 0.29) is 22.8 Å². The zero-order chi connectivity index (χ0) is 29.7. The first-order chi connectivity index (χ1) is 18.7. The molecule has 40 heavy (non-hydrogen) atoms. The van der Waals surface area contributed by atoms with E-state index in [4.69, 9.17) is 11.6 Å². The van der Waals surface area contributed by atoms with Gasteiger partial charge in [0.25, 0.3) is 15.7 Å². The monoisotopic (exact) mass is 586 g/mol. The average Bonchev–Trinajstić information content (AvgIpc) is 2.90. The standard InChI is InChI=1S/C28H31ClN4O6S/c1-20(27(35)30-28(2,3)4)31(18-21-11-8-9-16-25(21)29)26(34)19-32(22-12-10-13-23(17-22)33(36)37)40(38,39)24-14-6-5-7-15-24/h5-17,20H,18-19H2,1-4H3,(H,30,35). The summed E-state index contributed by atoms with van der Waals surface area (Å²) >= 11 is 6.36. The van der Waals surface area contributed by atoms with Crippen LogP contribution in [-0.2, 0) is 26.2 Å². The number of benzene rings is 3. The lowest BCUT2D eigenvalue weighted by Crippen LogP contribution is -2.54. The van der Waals surface area contributed by atoms with Gasteiger partial charge in [-0.15, -0.1) is 0 Å². The molecule has 0 spiro atoms. The molecule has 0 aliphatic carbocycles. The summed E-state index contributed by atoms with van der Waals surface area (Å²) in [6, 6.07) is 18.3. The number of hydrogen-bond acceptors (Lipinski definition) is 6. The minimum absolute atomic E-state index is 0.0732. The quantitative estimate of drug-likeness (QED) is 0.269. The Morgan fingerprint density at radius 1 is 1.00 bits per heavy atom. The molecule has 0 aromatic heterocycles. The van der Waals surface area contributed by atoms with Crippen LogP contribution in [0.25, 0.3) is 0 Å². The lowest BCUT2D eigenvalue weighted by atomic mass is 10.1. The number of anilines is 1. The Kier molecular flexibility index (Phi) is 9.54. The Morgan fingerprint density at radius 2 is 1.62 bits per heavy atom. The number of halogens is 1. The fraction of sp³-hybridized carbons (Fsp3) is 0.286. The van der Waals surface area contributed by atoms with Crippen LogP contribution in [0.4, 0.5) is 11.4 Å². The van der Waals surface area contributed by atoms with Crippen LogP contribution in [0.1, 0.15) is 33.3 Å². The van der Waals surface area contributed by atoms with E-state index in [1.54, 1.807) is 58.0 Å². The molecule has 0 bridgehead atoms. The van der Waals surface area contributed by atoms with E-state index < -0.39 is 44.9 Å². The Labute approximate surface area is 238 Å². The third kappa shape index (κ3) is 7.57. The molecule has 212 valence electrons. The fourth-order valence-corrected chi connectivity index (χ4v) is 5.50. The molecule has 0 saturated carbocycles. The van der Waals surface area contributed by atoms with Crippen LogP contribution < -0.4 is 9.62 Å². The van der Waals surface area contributed by atoms with Crippen molar-refractivity contribution in [2.45, 2.75) is 50.7 Å². The van der Waals surface area contributed by atoms with Gasteiger partial charge in [-0.1, -0.05) is 54.1 Å². The van der Waals surface area contributed by atoms with Gasteiger partial charge in [0.2, 0.25) is 11.8 Å². The van der Waals surface area contributed by atoms with Crippen molar-refractivity contribution in [3.8, 4) is 0 Å². The van der Waals surface area contributed by atoms with Crippen molar-refractivity contribution in [3.05, 3.63) is 99.6 Å². The number of amides is 2. The molecule has 3 aromatic rings. The Hall–Kier alpha value is -3.96. The third-order valence-corrected chi connectivity index (χ3v) is 8.06. The van der Waals surface area contributed by atoms with E-state index in [0.717, 1.165) is 10.4 Å². The Balaban J connectivity index is 2.08. The van der Waals surface area contributed by atoms with E-state index in [2.05, 4.69) is 5.32 Å². The molecule has 10 nitrogen and oxygen atoms in total. The predicted octanol–water partition coefficient (Wildman–Crippen LogP) is 4.78. The van der Waals surface area contributed by atoms with Crippen LogP contribution in [0.2, 0.25) is 5.02 Å². The summed E-state index contributed by atoms with van der Waals surface area (Å²) in [5, 5.41) is 14.7. The molecule has 0 heterocycles. The second kappa shape index (κ2) is 12.5. The van der Waals surface area contributed by atoms with Crippen molar-refractivity contribution >= 4 is 44.8 Å². The Morgan fingerprint density at radius 3 is 2.23 bits per heavy atom. The summed E-state index contributed by atoms with van der Waals surface area (Å²) in [7, 11) is -4.34. The summed E-state index contributed by atoms with van der Waals surface area (Å²) in [6.07, 6.45) is 0. The molecule has 3 rings (SSSR count). The first kappa shape index (κ1) is 30.6. The number of rotatable bonds is 10. The highest BCUT2D eigenvalue weighted by Crippen LogP contribution is 2.28. The van der Waals surface area contributed by atoms with Crippen LogP contribution in [-0.4, -0.2) is 48.2 Å². The maximum Gasteiger partial charge on any atom is 0.271 e. The molecule has 0 saturated heterocycles. The fourth-order valence-electron chi connectivity index (χ4n) is 3.88. The first-order valence-corrected chi connectivity index (χ1v) is 14.2. The van der Waals surface area contributed by atoms with E-state index >= 15 is 0 Å². The summed E-state index contributed by atoms with van der Waals surface area (Å²) in [5.41, 5.74) is -0.448. The Bertz CT molecular complexity index is 1490. The number of nitrogens with one attached hydrogen (secondary N) is 1. The number of nitro benzene ring substituents is 1. The number of hydrogen-bond donors (Lipinski definition) is 1. The lowest BCUT2D eigenvalue weighted by Gasteiger charge is -2.33. The number of sulfonamides is 1. The molecule has 12 heteroatoms. The highest BCUT2D eigenvalue weighted by Gasteiger charge is 2.34. The van der Waals surface area contributed by atoms with Crippen molar-refractivity contribution in [2.75, 3.05) is 10.8 Å². The molecule has 0 radical (unpaired) electrons. The SMILES string of the molecule is CC(C(=O)NC(C)(C)C)N(Cc1ccccc1Cl)C(=O)CN(c1cccc([N+](=O)[O-])c1)S(=O)(=O)c1ccccc1. The van der Waals surface area contributed by atoms with Crippen molar-refractivity contribution in [3.63, 3.8) is 0 Å². The van der Waals surface area contributed by atoms with E-state index in [1.807, 2.05) is 0 Å². The largest absolute Gasteiger partial charge is 0.350 e. The van der Waals surface area contributed by atoms with E-state index in [1.165, 1.54) is 47.4 Å². The van der Waals surface area contributed by atoms with Gasteiger partial charge in [-0.2, -0.15) is 0 Å². The second-order valence-electron chi connectivity index (χ2n) is 10.1. The lowest BCUT2D eigenvalue weighted by molar-refractivity contribution is -0.384. The van der Waals surface area contributed by atoms with Crippen LogP contribution >= 0.6 is 11.6 Å². The van der Waals surface area contributed by atoms with Crippen LogP contribution in [0, 0.1) is 10.1 Å². The van der Waals surface area contributed by atoms with E-state index in [0.29, 0.717) is 10.6 Å². The molecular weight excluding hydrogens is 556 g/mol. The molecule has 2 amide bonds. The average molecular weight is 587 g/mol. The van der Waals surface area contributed by atoms with E-state index in [9.17, 15) is 28.1 Å². The third-order valence-electron chi connectivity index (χ3n) is 5.90. The molecule has 0 fully saturated rings. The topological polar surface area (TPSA) is 130 Å². The highest BCUT2D eigenvalue weighted by atomic mass is 35.5. The maximum atomic E-state index is 13.9. The van der Waals surface area contributed by atoms with Crippen molar-refractivity contribution in [1.29, 1.82) is 0 Å². The van der Waals surface area contributed by atoms with Gasteiger partial charge in [0.1, 0.15) is 12.6 Å².